The monoisotopic (exact) mass is 247 g/mol. The molecule has 0 bridgehead atoms. The van der Waals surface area contributed by atoms with Gasteiger partial charge in [-0.15, -0.1) is 0 Å². The van der Waals surface area contributed by atoms with Crippen molar-refractivity contribution < 1.29 is 5.11 Å². The zero-order valence-corrected chi connectivity index (χ0v) is 11.7. The minimum atomic E-state index is 0.277. The number of nitrogens with one attached hydrogen (secondary N) is 1. The van der Waals surface area contributed by atoms with Crippen molar-refractivity contribution in [3.8, 4) is 5.75 Å². The Labute approximate surface area is 110 Å². The van der Waals surface area contributed by atoms with Crippen LogP contribution in [-0.2, 0) is 6.42 Å². The number of phenols is 1. The maximum atomic E-state index is 9.34. The molecule has 1 aromatic carbocycles. The Kier molecular flexibility index (Phi) is 3.96. The first-order chi connectivity index (χ1) is 8.49. The van der Waals surface area contributed by atoms with E-state index in [0.29, 0.717) is 11.7 Å². The number of benzene rings is 1. The molecule has 0 aromatic heterocycles. The van der Waals surface area contributed by atoms with Crippen LogP contribution in [0.1, 0.15) is 39.2 Å². The van der Waals surface area contributed by atoms with Gasteiger partial charge in [0.1, 0.15) is 5.75 Å². The lowest BCUT2D eigenvalue weighted by molar-refractivity contribution is 0.206. The molecular formula is C16H25NO. The molecule has 0 saturated heterocycles. The van der Waals surface area contributed by atoms with Gasteiger partial charge >= 0.3 is 0 Å². The topological polar surface area (TPSA) is 32.3 Å². The Balaban J connectivity index is 2.01. The zero-order chi connectivity index (χ0) is 13.2. The first-order valence-electron chi connectivity index (χ1n) is 7.01. The summed E-state index contributed by atoms with van der Waals surface area (Å²) in [6.07, 6.45) is 3.74. The minimum absolute atomic E-state index is 0.277. The number of phenolic OH excluding ortho intramolecular Hbond substituents is 1. The van der Waals surface area contributed by atoms with Gasteiger partial charge in [-0.3, -0.25) is 0 Å². The standard InChI is InChI=1S/C16H25NO/c1-12(2)16(3,11-17-14-6-7-14)10-13-4-8-15(18)9-5-13/h4-5,8-9,12,14,17-18H,6-7,10-11H2,1-3H3. The second-order valence-electron chi connectivity index (χ2n) is 6.31. The number of hydrogen-bond acceptors (Lipinski definition) is 2. The molecule has 18 heavy (non-hydrogen) atoms. The summed E-state index contributed by atoms with van der Waals surface area (Å²) in [5.41, 5.74) is 1.58. The minimum Gasteiger partial charge on any atom is -0.508 e. The summed E-state index contributed by atoms with van der Waals surface area (Å²) in [5, 5.41) is 13.0. The predicted molar refractivity (Wildman–Crippen MR) is 75.8 cm³/mol. The Morgan fingerprint density at radius 1 is 1.28 bits per heavy atom. The van der Waals surface area contributed by atoms with Gasteiger partial charge in [0.25, 0.3) is 0 Å². The molecule has 0 amide bonds. The highest BCUT2D eigenvalue weighted by Crippen LogP contribution is 2.32. The molecule has 1 atom stereocenters. The van der Waals surface area contributed by atoms with Crippen LogP contribution in [0.3, 0.4) is 0 Å². The molecular weight excluding hydrogens is 222 g/mol. The van der Waals surface area contributed by atoms with Gasteiger partial charge < -0.3 is 10.4 Å². The van der Waals surface area contributed by atoms with Crippen molar-refractivity contribution in [3.05, 3.63) is 29.8 Å². The second kappa shape index (κ2) is 5.31. The molecule has 100 valence electrons. The van der Waals surface area contributed by atoms with Gasteiger partial charge in [0, 0.05) is 12.6 Å². The van der Waals surface area contributed by atoms with Gasteiger partial charge in [0.15, 0.2) is 0 Å². The van der Waals surface area contributed by atoms with Crippen molar-refractivity contribution in [1.82, 2.24) is 5.32 Å². The van der Waals surface area contributed by atoms with E-state index in [1.807, 2.05) is 12.1 Å². The number of aromatic hydroxyl groups is 1. The van der Waals surface area contributed by atoms with Crippen LogP contribution in [0.5, 0.6) is 5.75 Å². The molecule has 0 heterocycles. The lowest BCUT2D eigenvalue weighted by atomic mass is 9.74. The summed E-state index contributed by atoms with van der Waals surface area (Å²) in [5.74, 6) is 0.985. The van der Waals surface area contributed by atoms with Crippen molar-refractivity contribution >= 4 is 0 Å². The highest BCUT2D eigenvalue weighted by Gasteiger charge is 2.31. The van der Waals surface area contributed by atoms with Gasteiger partial charge in [-0.2, -0.15) is 0 Å². The van der Waals surface area contributed by atoms with E-state index in [9.17, 15) is 5.11 Å². The molecule has 1 aliphatic carbocycles. The molecule has 1 aliphatic rings. The summed E-state index contributed by atoms with van der Waals surface area (Å²) < 4.78 is 0. The van der Waals surface area contributed by atoms with Crippen molar-refractivity contribution in [1.29, 1.82) is 0 Å². The Morgan fingerprint density at radius 2 is 1.89 bits per heavy atom. The quantitative estimate of drug-likeness (QED) is 0.808. The van der Waals surface area contributed by atoms with Crippen molar-refractivity contribution in [2.75, 3.05) is 6.54 Å². The summed E-state index contributed by atoms with van der Waals surface area (Å²) >= 11 is 0. The Hall–Kier alpha value is -1.02. The van der Waals surface area contributed by atoms with E-state index >= 15 is 0 Å². The molecule has 0 aliphatic heterocycles. The molecule has 2 N–H and O–H groups in total. The maximum Gasteiger partial charge on any atom is 0.115 e. The number of rotatable bonds is 6. The Morgan fingerprint density at radius 3 is 2.39 bits per heavy atom. The van der Waals surface area contributed by atoms with Crippen LogP contribution in [0, 0.1) is 11.3 Å². The van der Waals surface area contributed by atoms with E-state index in [2.05, 4.69) is 26.1 Å². The normalized spacial score (nSPS) is 18.9. The third kappa shape index (κ3) is 3.49. The molecule has 2 heteroatoms. The van der Waals surface area contributed by atoms with E-state index in [1.54, 1.807) is 12.1 Å². The zero-order valence-electron chi connectivity index (χ0n) is 11.7. The third-order valence-electron chi connectivity index (χ3n) is 4.31. The van der Waals surface area contributed by atoms with Crippen molar-refractivity contribution in [3.63, 3.8) is 0 Å². The van der Waals surface area contributed by atoms with Crippen molar-refractivity contribution in [2.24, 2.45) is 11.3 Å². The van der Waals surface area contributed by atoms with Crippen LogP contribution in [-0.4, -0.2) is 17.7 Å². The van der Waals surface area contributed by atoms with Crippen LogP contribution in [0.25, 0.3) is 0 Å². The average Bonchev–Trinajstić information content (AvgIpc) is 3.13. The van der Waals surface area contributed by atoms with Crippen LogP contribution in [0.2, 0.25) is 0 Å². The third-order valence-corrected chi connectivity index (χ3v) is 4.31. The van der Waals surface area contributed by atoms with Gasteiger partial charge in [-0.1, -0.05) is 32.9 Å². The van der Waals surface area contributed by atoms with Gasteiger partial charge in [0.05, 0.1) is 0 Å². The van der Waals surface area contributed by atoms with Crippen LogP contribution < -0.4 is 5.32 Å². The van der Waals surface area contributed by atoms with E-state index in [-0.39, 0.29) is 5.41 Å². The average molecular weight is 247 g/mol. The fourth-order valence-corrected chi connectivity index (χ4v) is 2.22. The summed E-state index contributed by atoms with van der Waals surface area (Å²) in [7, 11) is 0. The molecule has 0 spiro atoms. The van der Waals surface area contributed by atoms with Gasteiger partial charge in [-0.05, 0) is 48.3 Å². The fourth-order valence-electron chi connectivity index (χ4n) is 2.22. The molecule has 1 fully saturated rings. The summed E-state index contributed by atoms with van der Waals surface area (Å²) in [6, 6.07) is 8.40. The molecule has 1 unspecified atom stereocenters. The van der Waals surface area contributed by atoms with E-state index < -0.39 is 0 Å². The summed E-state index contributed by atoms with van der Waals surface area (Å²) in [6.45, 7) is 8.04. The molecule has 2 nitrogen and oxygen atoms in total. The van der Waals surface area contributed by atoms with E-state index in [4.69, 9.17) is 0 Å². The predicted octanol–water partition coefficient (Wildman–Crippen LogP) is 3.35. The SMILES string of the molecule is CC(C)C(C)(CNC1CC1)Cc1ccc(O)cc1. The Bertz CT molecular complexity index is 381. The first kappa shape index (κ1) is 13.4. The lowest BCUT2D eigenvalue weighted by Crippen LogP contribution is -2.38. The fraction of sp³-hybridized carbons (Fsp3) is 0.625. The summed E-state index contributed by atoms with van der Waals surface area (Å²) in [4.78, 5) is 0. The van der Waals surface area contributed by atoms with E-state index in [1.165, 1.54) is 18.4 Å². The second-order valence-corrected chi connectivity index (χ2v) is 6.31. The number of hydrogen-bond donors (Lipinski definition) is 2. The lowest BCUT2D eigenvalue weighted by Gasteiger charge is -2.34. The highest BCUT2D eigenvalue weighted by molar-refractivity contribution is 5.26. The van der Waals surface area contributed by atoms with E-state index in [0.717, 1.165) is 19.0 Å². The largest absolute Gasteiger partial charge is 0.508 e. The van der Waals surface area contributed by atoms with Crippen LogP contribution in [0.15, 0.2) is 24.3 Å². The van der Waals surface area contributed by atoms with Crippen LogP contribution >= 0.6 is 0 Å². The maximum absolute atomic E-state index is 9.34. The van der Waals surface area contributed by atoms with Crippen LogP contribution in [0.4, 0.5) is 0 Å². The molecule has 0 radical (unpaired) electrons. The van der Waals surface area contributed by atoms with Gasteiger partial charge in [0.2, 0.25) is 0 Å². The molecule has 1 saturated carbocycles. The van der Waals surface area contributed by atoms with Crippen molar-refractivity contribution in [2.45, 2.75) is 46.1 Å². The first-order valence-corrected chi connectivity index (χ1v) is 7.01. The van der Waals surface area contributed by atoms with Gasteiger partial charge in [-0.25, -0.2) is 0 Å². The smallest absolute Gasteiger partial charge is 0.115 e. The molecule has 2 rings (SSSR count). The molecule has 1 aromatic rings. The highest BCUT2D eigenvalue weighted by atomic mass is 16.3.